The minimum absolute atomic E-state index is 0.0628. The first-order valence-corrected chi connectivity index (χ1v) is 8.31. The first-order chi connectivity index (χ1) is 12.1. The molecule has 0 unspecified atom stereocenters. The standard InChI is InChI=1S/C19H19N3O3/c1-3-12(4-2)17(23)21-13-7-5-8-14(11-13)22-18(24)15-9-6-10-20-16(15)19(22)25/h5-12H,3-4H2,1-2H3,(H,21,23). The highest BCUT2D eigenvalue weighted by Gasteiger charge is 2.37. The largest absolute Gasteiger partial charge is 0.326 e. The van der Waals surface area contributed by atoms with E-state index in [1.54, 1.807) is 36.4 Å². The zero-order valence-corrected chi connectivity index (χ0v) is 14.2. The molecule has 6 heteroatoms. The topological polar surface area (TPSA) is 79.4 Å². The number of benzene rings is 1. The molecule has 1 aliphatic rings. The van der Waals surface area contributed by atoms with Gasteiger partial charge in [0, 0.05) is 17.8 Å². The van der Waals surface area contributed by atoms with Crippen LogP contribution < -0.4 is 10.2 Å². The van der Waals surface area contributed by atoms with E-state index >= 15 is 0 Å². The predicted octanol–water partition coefficient (Wildman–Crippen LogP) is 3.26. The smallest absolute Gasteiger partial charge is 0.284 e. The van der Waals surface area contributed by atoms with Crippen LogP contribution in [0.25, 0.3) is 0 Å². The number of hydrogen-bond donors (Lipinski definition) is 1. The number of pyridine rings is 1. The van der Waals surface area contributed by atoms with Gasteiger partial charge < -0.3 is 5.32 Å². The van der Waals surface area contributed by atoms with Crippen molar-refractivity contribution in [2.45, 2.75) is 26.7 Å². The third-order valence-corrected chi connectivity index (χ3v) is 4.38. The summed E-state index contributed by atoms with van der Waals surface area (Å²) in [7, 11) is 0. The Bertz CT molecular complexity index is 808. The third-order valence-electron chi connectivity index (χ3n) is 4.38. The van der Waals surface area contributed by atoms with E-state index in [4.69, 9.17) is 0 Å². The van der Waals surface area contributed by atoms with E-state index in [9.17, 15) is 14.4 Å². The van der Waals surface area contributed by atoms with E-state index in [1.165, 1.54) is 6.20 Å². The predicted molar refractivity (Wildman–Crippen MR) is 94.5 cm³/mol. The lowest BCUT2D eigenvalue weighted by Gasteiger charge is -2.16. The van der Waals surface area contributed by atoms with E-state index in [0.29, 0.717) is 16.9 Å². The van der Waals surface area contributed by atoms with Crippen molar-refractivity contribution in [2.75, 3.05) is 10.2 Å². The minimum atomic E-state index is -0.455. The molecule has 0 fully saturated rings. The summed E-state index contributed by atoms with van der Waals surface area (Å²) < 4.78 is 0. The highest BCUT2D eigenvalue weighted by molar-refractivity contribution is 6.33. The van der Waals surface area contributed by atoms with Gasteiger partial charge in [0.1, 0.15) is 5.69 Å². The molecule has 25 heavy (non-hydrogen) atoms. The van der Waals surface area contributed by atoms with Crippen molar-refractivity contribution in [3.63, 3.8) is 0 Å². The van der Waals surface area contributed by atoms with Gasteiger partial charge in [0.15, 0.2) is 0 Å². The molecule has 6 nitrogen and oxygen atoms in total. The fourth-order valence-electron chi connectivity index (χ4n) is 2.93. The maximum Gasteiger partial charge on any atom is 0.284 e. The average molecular weight is 337 g/mol. The number of nitrogens with zero attached hydrogens (tertiary/aromatic N) is 2. The van der Waals surface area contributed by atoms with Crippen LogP contribution in [0, 0.1) is 5.92 Å². The van der Waals surface area contributed by atoms with E-state index in [-0.39, 0.29) is 17.5 Å². The van der Waals surface area contributed by atoms with E-state index in [1.807, 2.05) is 13.8 Å². The molecular weight excluding hydrogens is 318 g/mol. The molecule has 1 aliphatic heterocycles. The minimum Gasteiger partial charge on any atom is -0.326 e. The Hall–Kier alpha value is -3.02. The quantitative estimate of drug-likeness (QED) is 0.849. The molecule has 0 saturated heterocycles. The summed E-state index contributed by atoms with van der Waals surface area (Å²) in [6, 6.07) is 9.94. The van der Waals surface area contributed by atoms with Crippen molar-refractivity contribution in [2.24, 2.45) is 5.92 Å². The van der Waals surface area contributed by atoms with Crippen molar-refractivity contribution >= 4 is 29.1 Å². The van der Waals surface area contributed by atoms with Gasteiger partial charge in [-0.25, -0.2) is 4.90 Å². The lowest BCUT2D eigenvalue weighted by atomic mass is 10.0. The van der Waals surface area contributed by atoms with E-state index in [2.05, 4.69) is 10.3 Å². The summed E-state index contributed by atoms with van der Waals surface area (Å²) in [6.07, 6.45) is 3.00. The number of fused-ring (bicyclic) bond motifs is 1. The number of imide groups is 1. The fraction of sp³-hybridized carbons (Fsp3) is 0.263. The van der Waals surface area contributed by atoms with Gasteiger partial charge in [0.25, 0.3) is 11.8 Å². The molecule has 0 atom stereocenters. The molecule has 0 radical (unpaired) electrons. The van der Waals surface area contributed by atoms with Crippen molar-refractivity contribution < 1.29 is 14.4 Å². The summed E-state index contributed by atoms with van der Waals surface area (Å²) >= 11 is 0. The molecule has 1 aromatic carbocycles. The van der Waals surface area contributed by atoms with Gasteiger partial charge in [-0.05, 0) is 43.2 Å². The Kier molecular flexibility index (Phi) is 4.61. The van der Waals surface area contributed by atoms with Crippen molar-refractivity contribution in [1.29, 1.82) is 0 Å². The van der Waals surface area contributed by atoms with Crippen LogP contribution in [0.2, 0.25) is 0 Å². The number of aromatic nitrogens is 1. The Morgan fingerprint density at radius 2 is 1.88 bits per heavy atom. The SMILES string of the molecule is CCC(CC)C(=O)Nc1cccc(N2C(=O)c3cccnc3C2=O)c1. The second kappa shape index (κ2) is 6.84. The molecule has 2 heterocycles. The number of rotatable bonds is 5. The summed E-state index contributed by atoms with van der Waals surface area (Å²) in [5.74, 6) is -0.987. The van der Waals surface area contributed by atoms with E-state index < -0.39 is 11.8 Å². The second-order valence-electron chi connectivity index (χ2n) is 5.90. The Labute approximate surface area is 145 Å². The van der Waals surface area contributed by atoms with Gasteiger partial charge in [-0.1, -0.05) is 19.9 Å². The Morgan fingerprint density at radius 1 is 1.12 bits per heavy atom. The second-order valence-corrected chi connectivity index (χ2v) is 5.90. The van der Waals surface area contributed by atoms with Crippen LogP contribution in [-0.4, -0.2) is 22.7 Å². The Morgan fingerprint density at radius 3 is 2.56 bits per heavy atom. The van der Waals surface area contributed by atoms with Crippen LogP contribution >= 0.6 is 0 Å². The molecule has 2 aromatic rings. The first kappa shape index (κ1) is 16.8. The maximum atomic E-state index is 12.5. The van der Waals surface area contributed by atoms with Crippen molar-refractivity contribution in [3.8, 4) is 0 Å². The monoisotopic (exact) mass is 337 g/mol. The maximum absolute atomic E-state index is 12.5. The van der Waals surface area contributed by atoms with Crippen LogP contribution in [0.5, 0.6) is 0 Å². The normalized spacial score (nSPS) is 13.3. The average Bonchev–Trinajstić information content (AvgIpc) is 2.87. The van der Waals surface area contributed by atoms with Crippen molar-refractivity contribution in [1.82, 2.24) is 4.98 Å². The van der Waals surface area contributed by atoms with Gasteiger partial charge in [0.2, 0.25) is 5.91 Å². The lowest BCUT2D eigenvalue weighted by Crippen LogP contribution is -2.29. The van der Waals surface area contributed by atoms with E-state index in [0.717, 1.165) is 17.7 Å². The molecule has 1 N–H and O–H groups in total. The molecule has 0 spiro atoms. The zero-order valence-electron chi connectivity index (χ0n) is 14.2. The zero-order chi connectivity index (χ0) is 18.0. The first-order valence-electron chi connectivity index (χ1n) is 8.31. The third kappa shape index (κ3) is 3.03. The van der Waals surface area contributed by atoms with Crippen molar-refractivity contribution in [3.05, 3.63) is 53.9 Å². The summed E-state index contributed by atoms with van der Waals surface area (Å²) in [5.41, 5.74) is 1.41. The highest BCUT2D eigenvalue weighted by atomic mass is 16.2. The number of nitrogens with one attached hydrogen (secondary N) is 1. The molecule has 0 aliphatic carbocycles. The van der Waals surface area contributed by atoms with Crippen LogP contribution in [0.3, 0.4) is 0 Å². The van der Waals surface area contributed by atoms with Gasteiger partial charge in [0.05, 0.1) is 11.3 Å². The summed E-state index contributed by atoms with van der Waals surface area (Å²) in [6.45, 7) is 3.94. The van der Waals surface area contributed by atoms with Crippen LogP contribution in [-0.2, 0) is 4.79 Å². The highest BCUT2D eigenvalue weighted by Crippen LogP contribution is 2.29. The molecule has 0 bridgehead atoms. The fourth-order valence-corrected chi connectivity index (χ4v) is 2.93. The van der Waals surface area contributed by atoms with Gasteiger partial charge in [-0.2, -0.15) is 0 Å². The molecule has 0 saturated carbocycles. The van der Waals surface area contributed by atoms with Crippen LogP contribution in [0.4, 0.5) is 11.4 Å². The molecule has 3 amide bonds. The number of carbonyl (C=O) groups excluding carboxylic acids is 3. The Balaban J connectivity index is 1.87. The summed E-state index contributed by atoms with van der Waals surface area (Å²) in [4.78, 5) is 42.4. The number of hydrogen-bond acceptors (Lipinski definition) is 4. The van der Waals surface area contributed by atoms with Gasteiger partial charge in [-0.3, -0.25) is 19.4 Å². The molecule has 128 valence electrons. The molecule has 1 aromatic heterocycles. The van der Waals surface area contributed by atoms with Gasteiger partial charge in [-0.15, -0.1) is 0 Å². The molecule has 3 rings (SSSR count). The van der Waals surface area contributed by atoms with Crippen LogP contribution in [0.15, 0.2) is 42.6 Å². The number of carbonyl (C=O) groups is 3. The molecular formula is C19H19N3O3. The number of amides is 3. The number of anilines is 2. The van der Waals surface area contributed by atoms with Gasteiger partial charge >= 0.3 is 0 Å². The summed E-state index contributed by atoms with van der Waals surface area (Å²) in [5, 5.41) is 2.85. The van der Waals surface area contributed by atoms with Crippen LogP contribution in [0.1, 0.15) is 47.5 Å². The lowest BCUT2D eigenvalue weighted by molar-refractivity contribution is -0.120.